The second kappa shape index (κ2) is 8.92. The van der Waals surface area contributed by atoms with Gasteiger partial charge in [-0.25, -0.2) is 0 Å². The van der Waals surface area contributed by atoms with Crippen LogP contribution in [-0.4, -0.2) is 23.3 Å². The Morgan fingerprint density at radius 2 is 2.00 bits per heavy atom. The minimum Gasteiger partial charge on any atom is -0.449 e. The molecule has 0 fully saturated rings. The third-order valence-electron chi connectivity index (χ3n) is 4.49. The standard InChI is InChI=1S/C23H18BrN3O3/c24-18-7-3-5-16(11-18)12-21-23(29)27(19-8-1-2-9-20(19)30-21)15-22(28)26-14-17-6-4-10-25-13-17/h1-13H,14-15H2,(H,26,28). The molecule has 1 aliphatic rings. The van der Waals surface area contributed by atoms with Crippen LogP contribution < -0.4 is 15.0 Å². The van der Waals surface area contributed by atoms with E-state index in [0.717, 1.165) is 15.6 Å². The van der Waals surface area contributed by atoms with Crippen molar-refractivity contribution in [3.63, 3.8) is 0 Å². The minimum atomic E-state index is -0.370. The molecule has 1 aliphatic heterocycles. The second-order valence-electron chi connectivity index (χ2n) is 6.66. The summed E-state index contributed by atoms with van der Waals surface area (Å²) in [6, 6.07) is 18.4. The maximum atomic E-state index is 13.1. The summed E-state index contributed by atoms with van der Waals surface area (Å²) in [4.78, 5) is 31.1. The zero-order chi connectivity index (χ0) is 20.9. The molecule has 0 atom stereocenters. The average Bonchev–Trinajstić information content (AvgIpc) is 2.76. The van der Waals surface area contributed by atoms with Crippen LogP contribution >= 0.6 is 15.9 Å². The van der Waals surface area contributed by atoms with Crippen molar-refractivity contribution < 1.29 is 14.3 Å². The maximum absolute atomic E-state index is 13.1. The molecule has 2 amide bonds. The number of para-hydroxylation sites is 2. The maximum Gasteiger partial charge on any atom is 0.294 e. The Hall–Kier alpha value is -3.45. The Labute approximate surface area is 182 Å². The Balaban J connectivity index is 1.56. The van der Waals surface area contributed by atoms with Crippen LogP contribution in [0.25, 0.3) is 6.08 Å². The highest BCUT2D eigenvalue weighted by Crippen LogP contribution is 2.35. The summed E-state index contributed by atoms with van der Waals surface area (Å²) in [6.45, 7) is 0.225. The van der Waals surface area contributed by atoms with Gasteiger partial charge in [0.1, 0.15) is 6.54 Å². The van der Waals surface area contributed by atoms with Crippen LogP contribution in [0.15, 0.2) is 83.3 Å². The van der Waals surface area contributed by atoms with Crippen LogP contribution in [0.1, 0.15) is 11.1 Å². The SMILES string of the molecule is O=C(CN1C(=O)C(=Cc2cccc(Br)c2)Oc2ccccc21)NCc1cccnc1. The van der Waals surface area contributed by atoms with Crippen molar-refractivity contribution in [1.82, 2.24) is 10.3 Å². The van der Waals surface area contributed by atoms with Gasteiger partial charge in [-0.05, 0) is 47.5 Å². The third-order valence-corrected chi connectivity index (χ3v) is 4.99. The fraction of sp³-hybridized carbons (Fsp3) is 0.0870. The summed E-state index contributed by atoms with van der Waals surface area (Å²) in [5.41, 5.74) is 2.26. The van der Waals surface area contributed by atoms with E-state index in [0.29, 0.717) is 18.0 Å². The molecule has 4 rings (SSSR count). The van der Waals surface area contributed by atoms with Gasteiger partial charge in [-0.2, -0.15) is 0 Å². The lowest BCUT2D eigenvalue weighted by Crippen LogP contribution is -2.44. The van der Waals surface area contributed by atoms with Crippen molar-refractivity contribution in [2.45, 2.75) is 6.54 Å². The first-order chi connectivity index (χ1) is 14.6. The molecule has 0 saturated carbocycles. The molecule has 3 aromatic rings. The van der Waals surface area contributed by atoms with Crippen LogP contribution in [0.2, 0.25) is 0 Å². The van der Waals surface area contributed by atoms with Gasteiger partial charge in [0.25, 0.3) is 5.91 Å². The van der Waals surface area contributed by atoms with Gasteiger partial charge in [0, 0.05) is 23.4 Å². The average molecular weight is 464 g/mol. The number of pyridine rings is 1. The number of nitrogens with one attached hydrogen (secondary N) is 1. The second-order valence-corrected chi connectivity index (χ2v) is 7.58. The predicted octanol–water partition coefficient (Wildman–Crippen LogP) is 3.93. The molecule has 1 N–H and O–H groups in total. The van der Waals surface area contributed by atoms with Crippen molar-refractivity contribution in [2.24, 2.45) is 0 Å². The fourth-order valence-electron chi connectivity index (χ4n) is 3.07. The predicted molar refractivity (Wildman–Crippen MR) is 118 cm³/mol. The van der Waals surface area contributed by atoms with Crippen molar-refractivity contribution in [1.29, 1.82) is 0 Å². The Morgan fingerprint density at radius 1 is 1.13 bits per heavy atom. The number of carbonyl (C=O) groups is 2. The number of nitrogens with zero attached hydrogens (tertiary/aromatic N) is 2. The number of ether oxygens (including phenoxy) is 1. The van der Waals surface area contributed by atoms with E-state index < -0.39 is 0 Å². The van der Waals surface area contributed by atoms with E-state index >= 15 is 0 Å². The van der Waals surface area contributed by atoms with Crippen LogP contribution in [-0.2, 0) is 16.1 Å². The van der Waals surface area contributed by atoms with Gasteiger partial charge in [-0.3, -0.25) is 19.5 Å². The van der Waals surface area contributed by atoms with Crippen LogP contribution in [0.4, 0.5) is 5.69 Å². The lowest BCUT2D eigenvalue weighted by atomic mass is 10.1. The summed E-state index contributed by atoms with van der Waals surface area (Å²) < 4.78 is 6.74. The molecular weight excluding hydrogens is 446 g/mol. The number of carbonyl (C=O) groups excluding carboxylic acids is 2. The number of anilines is 1. The summed E-state index contributed by atoms with van der Waals surface area (Å²) in [5, 5.41) is 2.83. The van der Waals surface area contributed by atoms with Gasteiger partial charge in [0.05, 0.1) is 5.69 Å². The Morgan fingerprint density at radius 3 is 2.80 bits per heavy atom. The molecule has 0 spiro atoms. The monoisotopic (exact) mass is 463 g/mol. The number of amides is 2. The molecule has 0 aliphatic carbocycles. The lowest BCUT2D eigenvalue weighted by Gasteiger charge is -2.30. The van der Waals surface area contributed by atoms with E-state index in [9.17, 15) is 9.59 Å². The molecule has 1 aromatic heterocycles. The number of hydrogen-bond donors (Lipinski definition) is 1. The first kappa shape index (κ1) is 19.8. The van der Waals surface area contributed by atoms with Gasteiger partial charge in [-0.15, -0.1) is 0 Å². The molecule has 2 heterocycles. The molecular formula is C23H18BrN3O3. The van der Waals surface area contributed by atoms with Gasteiger partial charge >= 0.3 is 0 Å². The first-order valence-electron chi connectivity index (χ1n) is 9.32. The minimum absolute atomic E-state index is 0.116. The molecule has 0 saturated heterocycles. The highest BCUT2D eigenvalue weighted by atomic mass is 79.9. The number of aromatic nitrogens is 1. The fourth-order valence-corrected chi connectivity index (χ4v) is 3.49. The van der Waals surface area contributed by atoms with Crippen LogP contribution in [0.5, 0.6) is 5.75 Å². The van der Waals surface area contributed by atoms with Gasteiger partial charge in [0.2, 0.25) is 5.91 Å². The summed E-state index contributed by atoms with van der Waals surface area (Å²) in [7, 11) is 0. The molecule has 30 heavy (non-hydrogen) atoms. The number of fused-ring (bicyclic) bond motifs is 1. The summed E-state index contributed by atoms with van der Waals surface area (Å²) in [5.74, 6) is 0.0428. The summed E-state index contributed by atoms with van der Waals surface area (Å²) in [6.07, 6.45) is 5.03. The normalized spacial score (nSPS) is 14.2. The zero-order valence-corrected chi connectivity index (χ0v) is 17.5. The summed E-state index contributed by atoms with van der Waals surface area (Å²) >= 11 is 3.43. The van der Waals surface area contributed by atoms with Crippen molar-refractivity contribution in [2.75, 3.05) is 11.4 Å². The molecule has 7 heteroatoms. The van der Waals surface area contributed by atoms with E-state index in [4.69, 9.17) is 4.74 Å². The first-order valence-corrected chi connectivity index (χ1v) is 10.1. The van der Waals surface area contributed by atoms with Crippen molar-refractivity contribution in [3.05, 3.63) is 94.4 Å². The van der Waals surface area contributed by atoms with E-state index in [-0.39, 0.29) is 24.1 Å². The van der Waals surface area contributed by atoms with Gasteiger partial charge < -0.3 is 10.1 Å². The molecule has 0 unspecified atom stereocenters. The van der Waals surface area contributed by atoms with Crippen molar-refractivity contribution >= 4 is 39.5 Å². The van der Waals surface area contributed by atoms with E-state index in [1.807, 2.05) is 42.5 Å². The molecule has 6 nitrogen and oxygen atoms in total. The number of hydrogen-bond acceptors (Lipinski definition) is 4. The quantitative estimate of drug-likeness (QED) is 0.581. The number of benzene rings is 2. The molecule has 0 radical (unpaired) electrons. The zero-order valence-electron chi connectivity index (χ0n) is 15.9. The third kappa shape index (κ3) is 4.58. The molecule has 0 bridgehead atoms. The highest BCUT2D eigenvalue weighted by molar-refractivity contribution is 9.10. The number of halogens is 1. The van der Waals surface area contributed by atoms with Crippen LogP contribution in [0, 0.1) is 0 Å². The van der Waals surface area contributed by atoms with Gasteiger partial charge in [0.15, 0.2) is 11.5 Å². The number of rotatable bonds is 5. The lowest BCUT2D eigenvalue weighted by molar-refractivity contribution is -0.123. The van der Waals surface area contributed by atoms with E-state index in [2.05, 4.69) is 26.2 Å². The molecule has 150 valence electrons. The smallest absolute Gasteiger partial charge is 0.294 e. The van der Waals surface area contributed by atoms with E-state index in [1.54, 1.807) is 36.7 Å². The Bertz CT molecular complexity index is 1120. The van der Waals surface area contributed by atoms with Crippen LogP contribution in [0.3, 0.4) is 0 Å². The Kier molecular flexibility index (Phi) is 5.90. The molecule has 2 aromatic carbocycles. The highest BCUT2D eigenvalue weighted by Gasteiger charge is 2.31. The largest absolute Gasteiger partial charge is 0.449 e. The van der Waals surface area contributed by atoms with Gasteiger partial charge in [-0.1, -0.05) is 46.3 Å². The topological polar surface area (TPSA) is 71.5 Å². The van der Waals surface area contributed by atoms with E-state index in [1.165, 1.54) is 4.90 Å². The van der Waals surface area contributed by atoms with Crippen molar-refractivity contribution in [3.8, 4) is 5.75 Å².